The van der Waals surface area contributed by atoms with Crippen LogP contribution in [0.1, 0.15) is 16.0 Å². The van der Waals surface area contributed by atoms with Crippen molar-refractivity contribution in [1.82, 2.24) is 4.98 Å². The number of anilines is 1. The fraction of sp³-hybridized carbons (Fsp3) is 0.0833. The van der Waals surface area contributed by atoms with E-state index in [9.17, 15) is 13.2 Å². The van der Waals surface area contributed by atoms with Gasteiger partial charge in [-0.25, -0.2) is 18.2 Å². The molecule has 0 aliphatic rings. The Bertz CT molecular complexity index is 791. The summed E-state index contributed by atoms with van der Waals surface area (Å²) >= 11 is 6.72. The van der Waals surface area contributed by atoms with Crippen molar-refractivity contribution in [2.75, 3.05) is 5.32 Å². The molecule has 0 aliphatic carbocycles. The molecule has 0 atom stereocenters. The first-order valence-corrected chi connectivity index (χ1v) is 6.53. The highest BCUT2D eigenvalue weighted by Gasteiger charge is 2.25. The number of hydrogen-bond donors (Lipinski definition) is 1. The van der Waals surface area contributed by atoms with Crippen LogP contribution in [0.15, 0.2) is 6.20 Å². The van der Waals surface area contributed by atoms with Crippen LogP contribution in [0.4, 0.5) is 18.9 Å². The van der Waals surface area contributed by atoms with E-state index in [4.69, 9.17) is 22.1 Å². The number of rotatable bonds is 3. The van der Waals surface area contributed by atoms with Gasteiger partial charge in [0.2, 0.25) is 0 Å². The standard InChI is InChI=1S/C12H4ClF3N4S/c13-12-20-4-5(21-12)3-19-11-7(2-18)9(15)8(14)6(1-17)10(11)16/h4,19H,3H2. The van der Waals surface area contributed by atoms with Crippen molar-refractivity contribution in [3.8, 4) is 12.1 Å². The van der Waals surface area contributed by atoms with Crippen molar-refractivity contribution in [3.05, 3.63) is 44.1 Å². The lowest BCUT2D eigenvalue weighted by molar-refractivity contribution is 0.490. The van der Waals surface area contributed by atoms with E-state index in [0.717, 1.165) is 11.3 Å². The van der Waals surface area contributed by atoms with Crippen LogP contribution in [0.3, 0.4) is 0 Å². The Kier molecular flexibility index (Phi) is 4.32. The zero-order chi connectivity index (χ0) is 15.6. The monoisotopic (exact) mass is 328 g/mol. The number of nitrogens with one attached hydrogen (secondary N) is 1. The number of aromatic nitrogens is 1. The molecule has 4 nitrogen and oxygen atoms in total. The molecule has 0 saturated heterocycles. The van der Waals surface area contributed by atoms with Crippen molar-refractivity contribution < 1.29 is 13.2 Å². The maximum absolute atomic E-state index is 14.0. The molecule has 0 fully saturated rings. The van der Waals surface area contributed by atoms with Crippen LogP contribution in [0.25, 0.3) is 0 Å². The van der Waals surface area contributed by atoms with Gasteiger partial charge in [-0.3, -0.25) is 0 Å². The highest BCUT2D eigenvalue weighted by molar-refractivity contribution is 7.15. The third-order valence-electron chi connectivity index (χ3n) is 2.51. The molecule has 0 aliphatic heterocycles. The van der Waals surface area contributed by atoms with Crippen molar-refractivity contribution in [1.29, 1.82) is 10.5 Å². The molecular formula is C12H4ClF3N4S. The Hall–Kier alpha value is -2.29. The largest absolute Gasteiger partial charge is 0.377 e. The third-order valence-corrected chi connectivity index (χ3v) is 3.62. The van der Waals surface area contributed by atoms with Crippen molar-refractivity contribution in [3.63, 3.8) is 0 Å². The minimum Gasteiger partial charge on any atom is -0.377 e. The zero-order valence-corrected chi connectivity index (χ0v) is 11.6. The van der Waals surface area contributed by atoms with Crippen LogP contribution in [-0.4, -0.2) is 4.98 Å². The van der Waals surface area contributed by atoms with Gasteiger partial charge in [0.15, 0.2) is 21.9 Å². The number of nitrogens with zero attached hydrogens (tertiary/aromatic N) is 3. The van der Waals surface area contributed by atoms with Crippen LogP contribution in [0.5, 0.6) is 0 Å². The van der Waals surface area contributed by atoms with E-state index < -0.39 is 34.3 Å². The van der Waals surface area contributed by atoms with Crippen LogP contribution in [-0.2, 0) is 6.54 Å². The highest BCUT2D eigenvalue weighted by atomic mass is 35.5. The smallest absolute Gasteiger partial charge is 0.183 e. The second kappa shape index (κ2) is 6.00. The first kappa shape index (κ1) is 15.1. The Morgan fingerprint density at radius 1 is 1.14 bits per heavy atom. The van der Waals surface area contributed by atoms with Crippen LogP contribution in [0.2, 0.25) is 4.47 Å². The average molecular weight is 329 g/mol. The van der Waals surface area contributed by atoms with E-state index in [1.807, 2.05) is 0 Å². The molecule has 2 rings (SSSR count). The first-order chi connectivity index (χ1) is 9.99. The molecule has 0 saturated carbocycles. The minimum atomic E-state index is -1.68. The number of thiazole rings is 1. The summed E-state index contributed by atoms with van der Waals surface area (Å²) in [5.74, 6) is -4.57. The molecule has 106 valence electrons. The second-order valence-corrected chi connectivity index (χ2v) is 5.42. The summed E-state index contributed by atoms with van der Waals surface area (Å²) in [5.41, 5.74) is -2.49. The summed E-state index contributed by atoms with van der Waals surface area (Å²) in [7, 11) is 0. The van der Waals surface area contributed by atoms with Crippen molar-refractivity contribution >= 4 is 28.6 Å². The van der Waals surface area contributed by atoms with Crippen LogP contribution < -0.4 is 5.32 Å². The van der Waals surface area contributed by atoms with Crippen LogP contribution >= 0.6 is 22.9 Å². The molecule has 2 aromatic rings. The number of benzene rings is 1. The van der Waals surface area contributed by atoms with E-state index in [2.05, 4.69) is 10.3 Å². The topological polar surface area (TPSA) is 72.5 Å². The number of halogens is 4. The van der Waals surface area contributed by atoms with Gasteiger partial charge in [-0.2, -0.15) is 10.5 Å². The summed E-state index contributed by atoms with van der Waals surface area (Å²) in [6.45, 7) is -0.00801. The molecular weight excluding hydrogens is 325 g/mol. The van der Waals surface area contributed by atoms with Gasteiger partial charge < -0.3 is 5.32 Å². The van der Waals surface area contributed by atoms with E-state index in [-0.39, 0.29) is 11.0 Å². The van der Waals surface area contributed by atoms with Gasteiger partial charge in [0.25, 0.3) is 0 Å². The fourth-order valence-corrected chi connectivity index (χ4v) is 2.49. The average Bonchev–Trinajstić information content (AvgIpc) is 2.87. The Morgan fingerprint density at radius 3 is 2.29 bits per heavy atom. The van der Waals surface area contributed by atoms with E-state index in [0.29, 0.717) is 4.88 Å². The lowest BCUT2D eigenvalue weighted by atomic mass is 10.1. The van der Waals surface area contributed by atoms with Crippen molar-refractivity contribution in [2.24, 2.45) is 0 Å². The molecule has 0 amide bonds. The summed E-state index contributed by atoms with van der Waals surface area (Å²) in [6.07, 6.45) is 1.41. The van der Waals surface area contributed by atoms with Crippen molar-refractivity contribution in [2.45, 2.75) is 6.54 Å². The predicted molar refractivity (Wildman–Crippen MR) is 70.2 cm³/mol. The zero-order valence-electron chi connectivity index (χ0n) is 10.0. The van der Waals surface area contributed by atoms with E-state index in [1.54, 1.807) is 0 Å². The summed E-state index contributed by atoms with van der Waals surface area (Å²) in [6, 6.07) is 2.60. The molecule has 1 aromatic carbocycles. The Balaban J connectivity index is 2.45. The van der Waals surface area contributed by atoms with Gasteiger partial charge in [-0.1, -0.05) is 11.6 Å². The normalized spacial score (nSPS) is 10.0. The maximum atomic E-state index is 14.0. The predicted octanol–water partition coefficient (Wildman–Crippen LogP) is 3.57. The molecule has 1 aromatic heterocycles. The fourth-order valence-electron chi connectivity index (χ4n) is 1.57. The Morgan fingerprint density at radius 2 is 1.76 bits per heavy atom. The van der Waals surface area contributed by atoms with Gasteiger partial charge in [0.05, 0.1) is 12.2 Å². The lowest BCUT2D eigenvalue weighted by Gasteiger charge is -2.11. The van der Waals surface area contributed by atoms with Gasteiger partial charge in [-0.15, -0.1) is 11.3 Å². The van der Waals surface area contributed by atoms with E-state index >= 15 is 0 Å². The van der Waals surface area contributed by atoms with Gasteiger partial charge in [0.1, 0.15) is 23.3 Å². The molecule has 0 bridgehead atoms. The highest BCUT2D eigenvalue weighted by Crippen LogP contribution is 2.29. The third kappa shape index (κ3) is 2.77. The number of nitriles is 2. The quantitative estimate of drug-likeness (QED) is 0.874. The maximum Gasteiger partial charge on any atom is 0.183 e. The molecule has 0 unspecified atom stereocenters. The molecule has 0 spiro atoms. The number of hydrogen-bond acceptors (Lipinski definition) is 5. The van der Waals surface area contributed by atoms with Gasteiger partial charge in [0, 0.05) is 11.1 Å². The minimum absolute atomic E-state index is 0.00801. The summed E-state index contributed by atoms with van der Waals surface area (Å²) in [5, 5.41) is 20.0. The molecule has 9 heteroatoms. The van der Waals surface area contributed by atoms with Gasteiger partial charge in [-0.05, 0) is 0 Å². The lowest BCUT2D eigenvalue weighted by Crippen LogP contribution is -2.09. The molecule has 0 radical (unpaired) electrons. The Labute approximate surface area is 126 Å². The van der Waals surface area contributed by atoms with Gasteiger partial charge >= 0.3 is 0 Å². The summed E-state index contributed by atoms with van der Waals surface area (Å²) < 4.78 is 41.3. The SMILES string of the molecule is N#Cc1c(F)c(F)c(C#N)c(NCc2cnc(Cl)s2)c1F. The van der Waals surface area contributed by atoms with E-state index in [1.165, 1.54) is 18.3 Å². The molecule has 1 N–H and O–H groups in total. The second-order valence-electron chi connectivity index (χ2n) is 3.72. The molecule has 1 heterocycles. The summed E-state index contributed by atoms with van der Waals surface area (Å²) in [4.78, 5) is 4.35. The first-order valence-electron chi connectivity index (χ1n) is 5.34. The molecule has 21 heavy (non-hydrogen) atoms. The van der Waals surface area contributed by atoms with Crippen LogP contribution in [0, 0.1) is 40.1 Å².